The fourth-order valence-corrected chi connectivity index (χ4v) is 1.66. The summed E-state index contributed by atoms with van der Waals surface area (Å²) in [6, 6.07) is 2.03. The lowest BCUT2D eigenvalue weighted by atomic mass is 10.5. The Morgan fingerprint density at radius 3 is 2.71 bits per heavy atom. The van der Waals surface area contributed by atoms with Gasteiger partial charge >= 0.3 is 6.03 Å². The van der Waals surface area contributed by atoms with Gasteiger partial charge < -0.3 is 5.32 Å². The van der Waals surface area contributed by atoms with Crippen molar-refractivity contribution in [3.8, 4) is 0 Å². The summed E-state index contributed by atoms with van der Waals surface area (Å²) in [7, 11) is -2.47. The maximum atomic E-state index is 11.4. The Morgan fingerprint density at radius 1 is 1.50 bits per heavy atom. The number of carbonyl (C=O) groups excluding carboxylic acids is 1. The van der Waals surface area contributed by atoms with Crippen LogP contribution in [0.2, 0.25) is 0 Å². The van der Waals surface area contributed by atoms with Gasteiger partial charge in [-0.2, -0.15) is 0 Å². The Balaban J connectivity index is 2.93. The first-order chi connectivity index (χ1) is 6.56. The van der Waals surface area contributed by atoms with E-state index in [1.165, 1.54) is 25.4 Å². The first-order valence-electron chi connectivity index (χ1n) is 3.71. The van der Waals surface area contributed by atoms with Gasteiger partial charge in [0.25, 0.3) is 10.0 Å². The van der Waals surface area contributed by atoms with Crippen molar-refractivity contribution in [1.82, 2.24) is 15.0 Å². The monoisotopic (exact) mass is 215 g/mol. The number of rotatable bonds is 2. The number of hydrogen-bond donors (Lipinski definition) is 2. The molecule has 0 aliphatic carbocycles. The van der Waals surface area contributed by atoms with Gasteiger partial charge in [0, 0.05) is 19.4 Å². The molecule has 6 nitrogen and oxygen atoms in total. The lowest BCUT2D eigenvalue weighted by Crippen LogP contribution is -2.37. The summed E-state index contributed by atoms with van der Waals surface area (Å²) < 4.78 is 24.6. The van der Waals surface area contributed by atoms with Gasteiger partial charge in [0.15, 0.2) is 0 Å². The molecule has 1 aromatic rings. The topological polar surface area (TPSA) is 88.2 Å². The molecule has 1 rings (SSSR count). The SMILES string of the molecule is CNC(=O)NS(=O)(=O)c1cccnc1. The highest BCUT2D eigenvalue weighted by Gasteiger charge is 2.15. The van der Waals surface area contributed by atoms with E-state index in [0.717, 1.165) is 6.20 Å². The van der Waals surface area contributed by atoms with E-state index in [2.05, 4.69) is 10.3 Å². The van der Waals surface area contributed by atoms with Crippen molar-refractivity contribution in [2.45, 2.75) is 4.90 Å². The summed E-state index contributed by atoms with van der Waals surface area (Å²) in [6.07, 6.45) is 2.60. The van der Waals surface area contributed by atoms with E-state index >= 15 is 0 Å². The summed E-state index contributed by atoms with van der Waals surface area (Å²) in [4.78, 5) is 14.4. The van der Waals surface area contributed by atoms with Gasteiger partial charge in [-0.1, -0.05) is 0 Å². The van der Waals surface area contributed by atoms with Crippen LogP contribution in [0.5, 0.6) is 0 Å². The molecule has 0 saturated heterocycles. The van der Waals surface area contributed by atoms with E-state index in [-0.39, 0.29) is 4.90 Å². The van der Waals surface area contributed by atoms with Crippen LogP contribution in [0.1, 0.15) is 0 Å². The minimum absolute atomic E-state index is 0.0522. The molecule has 0 radical (unpaired) electrons. The quantitative estimate of drug-likeness (QED) is 0.709. The number of pyridine rings is 1. The number of nitrogens with one attached hydrogen (secondary N) is 2. The van der Waals surface area contributed by atoms with Crippen LogP contribution in [-0.4, -0.2) is 26.5 Å². The van der Waals surface area contributed by atoms with Gasteiger partial charge in [0.1, 0.15) is 4.90 Å². The van der Waals surface area contributed by atoms with E-state index in [4.69, 9.17) is 0 Å². The third-order valence-corrected chi connectivity index (χ3v) is 2.72. The Hall–Kier alpha value is -1.63. The van der Waals surface area contributed by atoms with E-state index in [0.29, 0.717) is 0 Å². The third kappa shape index (κ3) is 2.43. The van der Waals surface area contributed by atoms with E-state index in [1.54, 1.807) is 4.72 Å². The number of aromatic nitrogens is 1. The van der Waals surface area contributed by atoms with Crippen LogP contribution in [0, 0.1) is 0 Å². The second-order valence-corrected chi connectivity index (χ2v) is 4.06. The number of hydrogen-bond acceptors (Lipinski definition) is 4. The van der Waals surface area contributed by atoms with Crippen molar-refractivity contribution in [2.75, 3.05) is 7.05 Å². The van der Waals surface area contributed by atoms with Gasteiger partial charge in [0.05, 0.1) is 0 Å². The molecule has 1 aromatic heterocycles. The van der Waals surface area contributed by atoms with Crippen LogP contribution in [0.25, 0.3) is 0 Å². The molecule has 0 spiro atoms. The molecule has 0 saturated carbocycles. The molecule has 0 unspecified atom stereocenters. The molecular weight excluding hydrogens is 206 g/mol. The van der Waals surface area contributed by atoms with E-state index in [1.807, 2.05) is 0 Å². The first kappa shape index (κ1) is 10.5. The molecule has 0 fully saturated rings. The summed E-state index contributed by atoms with van der Waals surface area (Å²) in [5, 5.41) is 2.14. The largest absolute Gasteiger partial charge is 0.340 e. The van der Waals surface area contributed by atoms with Gasteiger partial charge in [-0.15, -0.1) is 0 Å². The average molecular weight is 215 g/mol. The number of carbonyl (C=O) groups is 1. The standard InChI is InChI=1S/C7H9N3O3S/c1-8-7(11)10-14(12,13)6-3-2-4-9-5-6/h2-5H,1H3,(H2,8,10,11). The summed E-state index contributed by atoms with van der Waals surface area (Å²) in [6.45, 7) is 0. The minimum atomic E-state index is -3.80. The van der Waals surface area contributed by atoms with Crippen molar-refractivity contribution in [1.29, 1.82) is 0 Å². The zero-order chi connectivity index (χ0) is 10.6. The van der Waals surface area contributed by atoms with Crippen molar-refractivity contribution >= 4 is 16.1 Å². The summed E-state index contributed by atoms with van der Waals surface area (Å²) in [5.41, 5.74) is 0. The lowest BCUT2D eigenvalue weighted by Gasteiger charge is -2.04. The van der Waals surface area contributed by atoms with Gasteiger partial charge in [-0.3, -0.25) is 4.98 Å². The summed E-state index contributed by atoms with van der Waals surface area (Å²) >= 11 is 0. The lowest BCUT2D eigenvalue weighted by molar-refractivity contribution is 0.248. The Bertz CT molecular complexity index is 415. The van der Waals surface area contributed by atoms with E-state index < -0.39 is 16.1 Å². The van der Waals surface area contributed by atoms with Gasteiger partial charge in [-0.25, -0.2) is 17.9 Å². The molecule has 2 N–H and O–H groups in total. The number of nitrogens with zero attached hydrogens (tertiary/aromatic N) is 1. The number of urea groups is 1. The van der Waals surface area contributed by atoms with Gasteiger partial charge in [-0.05, 0) is 12.1 Å². The highest BCUT2D eigenvalue weighted by Crippen LogP contribution is 2.04. The second-order valence-electron chi connectivity index (χ2n) is 2.37. The molecule has 2 amide bonds. The van der Waals surface area contributed by atoms with Crippen molar-refractivity contribution < 1.29 is 13.2 Å². The highest BCUT2D eigenvalue weighted by atomic mass is 32.2. The normalized spacial score (nSPS) is 10.6. The van der Waals surface area contributed by atoms with Crippen LogP contribution in [0.3, 0.4) is 0 Å². The fraction of sp³-hybridized carbons (Fsp3) is 0.143. The molecular formula is C7H9N3O3S. The molecule has 7 heteroatoms. The van der Waals surface area contributed by atoms with Crippen molar-refractivity contribution in [3.05, 3.63) is 24.5 Å². The van der Waals surface area contributed by atoms with Crippen molar-refractivity contribution in [2.24, 2.45) is 0 Å². The van der Waals surface area contributed by atoms with Gasteiger partial charge in [0.2, 0.25) is 0 Å². The Kier molecular flexibility index (Phi) is 3.03. The maximum Gasteiger partial charge on any atom is 0.328 e. The zero-order valence-electron chi connectivity index (χ0n) is 7.39. The smallest absolute Gasteiger partial charge is 0.328 e. The Morgan fingerprint density at radius 2 is 2.21 bits per heavy atom. The number of amides is 2. The molecule has 0 bridgehead atoms. The second kappa shape index (κ2) is 4.05. The molecule has 0 aliphatic heterocycles. The van der Waals surface area contributed by atoms with Crippen LogP contribution >= 0.6 is 0 Å². The molecule has 1 heterocycles. The summed E-state index contributed by atoms with van der Waals surface area (Å²) in [5.74, 6) is 0. The highest BCUT2D eigenvalue weighted by molar-refractivity contribution is 7.90. The van der Waals surface area contributed by atoms with Crippen LogP contribution in [-0.2, 0) is 10.0 Å². The molecule has 0 atom stereocenters. The maximum absolute atomic E-state index is 11.4. The average Bonchev–Trinajstić information content (AvgIpc) is 2.18. The predicted molar refractivity (Wildman–Crippen MR) is 49.0 cm³/mol. The van der Waals surface area contributed by atoms with Crippen molar-refractivity contribution in [3.63, 3.8) is 0 Å². The molecule has 76 valence electrons. The van der Waals surface area contributed by atoms with Crippen LogP contribution < -0.4 is 10.0 Å². The third-order valence-electron chi connectivity index (χ3n) is 1.40. The molecule has 0 aliphatic rings. The number of sulfonamides is 1. The van der Waals surface area contributed by atoms with Crippen LogP contribution in [0.4, 0.5) is 4.79 Å². The molecule has 14 heavy (non-hydrogen) atoms. The Labute approximate surface area is 81.4 Å². The fourth-order valence-electron chi connectivity index (χ4n) is 0.738. The van der Waals surface area contributed by atoms with Crippen LogP contribution in [0.15, 0.2) is 29.4 Å². The first-order valence-corrected chi connectivity index (χ1v) is 5.19. The van der Waals surface area contributed by atoms with E-state index in [9.17, 15) is 13.2 Å². The molecule has 0 aromatic carbocycles. The minimum Gasteiger partial charge on any atom is -0.340 e. The zero-order valence-corrected chi connectivity index (χ0v) is 8.21. The predicted octanol–water partition coefficient (Wildman–Crippen LogP) is -0.301.